The number of hydrogen-bond donors (Lipinski definition) is 2. The van der Waals surface area contributed by atoms with Gasteiger partial charge in [0.05, 0.1) is 37.0 Å². The molecule has 1 aliphatic rings. The lowest BCUT2D eigenvalue weighted by Gasteiger charge is -2.11. The van der Waals surface area contributed by atoms with Crippen LogP contribution in [0, 0.1) is 0 Å². The van der Waals surface area contributed by atoms with Crippen LogP contribution in [0.2, 0.25) is 0 Å². The first-order valence-electron chi connectivity index (χ1n) is 13.3. The standard InChI is InChI=1S/C29H32N8O2/c1-36-18-23(16-35-36)22-5-3-21(4-6-22)15-31-28-14-26(33-20-34-28)27-17-32-29-13-25(7-10-37(27)29)39-11-2-9-30-24-8-12-38-19-24/h3-7,10,13-14,16-18,20,24,30H,2,8-9,11-12,15,19H2,1H3,(H,31,33,34)/t24-/m1/s1. The number of nitrogens with zero attached hydrogens (tertiary/aromatic N) is 6. The molecule has 0 spiro atoms. The number of aryl methyl sites for hydroxylation is 1. The number of anilines is 1. The summed E-state index contributed by atoms with van der Waals surface area (Å²) >= 11 is 0. The third kappa shape index (κ3) is 6.08. The molecule has 0 saturated carbocycles. The van der Waals surface area contributed by atoms with Crippen LogP contribution in [0.3, 0.4) is 0 Å². The van der Waals surface area contributed by atoms with Crippen molar-refractivity contribution in [3.05, 3.63) is 79.1 Å². The number of aromatic nitrogens is 6. The van der Waals surface area contributed by atoms with E-state index in [9.17, 15) is 0 Å². The Morgan fingerprint density at radius 1 is 1.05 bits per heavy atom. The van der Waals surface area contributed by atoms with Gasteiger partial charge in [0.25, 0.3) is 0 Å². The lowest BCUT2D eigenvalue weighted by Crippen LogP contribution is -2.30. The number of hydrogen-bond acceptors (Lipinski definition) is 8. The van der Waals surface area contributed by atoms with E-state index in [1.165, 1.54) is 0 Å². The maximum absolute atomic E-state index is 5.96. The van der Waals surface area contributed by atoms with Crippen LogP contribution in [0.4, 0.5) is 5.82 Å². The Morgan fingerprint density at radius 2 is 1.97 bits per heavy atom. The van der Waals surface area contributed by atoms with Crippen molar-refractivity contribution in [1.82, 2.24) is 34.4 Å². The number of imidazole rings is 1. The Labute approximate surface area is 227 Å². The zero-order chi connectivity index (χ0) is 26.4. The molecule has 10 nitrogen and oxygen atoms in total. The molecule has 1 aromatic carbocycles. The van der Waals surface area contributed by atoms with Crippen molar-refractivity contribution in [2.45, 2.75) is 25.4 Å². The third-order valence-electron chi connectivity index (χ3n) is 6.83. The van der Waals surface area contributed by atoms with Crippen LogP contribution in [-0.2, 0) is 18.3 Å². The van der Waals surface area contributed by atoms with Gasteiger partial charge in [-0.15, -0.1) is 0 Å². The summed E-state index contributed by atoms with van der Waals surface area (Å²) in [5, 5.41) is 11.2. The fourth-order valence-corrected chi connectivity index (χ4v) is 4.68. The van der Waals surface area contributed by atoms with Gasteiger partial charge in [-0.25, -0.2) is 15.0 Å². The summed E-state index contributed by atoms with van der Waals surface area (Å²) in [6.07, 6.45) is 11.3. The molecule has 5 heterocycles. The molecule has 1 atom stereocenters. The summed E-state index contributed by atoms with van der Waals surface area (Å²) in [7, 11) is 1.92. The Hall–Kier alpha value is -4.28. The van der Waals surface area contributed by atoms with E-state index in [0.29, 0.717) is 19.2 Å². The second-order valence-electron chi connectivity index (χ2n) is 9.69. The molecule has 39 heavy (non-hydrogen) atoms. The van der Waals surface area contributed by atoms with Crippen molar-refractivity contribution < 1.29 is 9.47 Å². The third-order valence-corrected chi connectivity index (χ3v) is 6.83. The first-order valence-corrected chi connectivity index (χ1v) is 13.3. The Morgan fingerprint density at radius 3 is 2.79 bits per heavy atom. The van der Waals surface area contributed by atoms with E-state index < -0.39 is 0 Å². The Kier molecular flexibility index (Phi) is 7.46. The van der Waals surface area contributed by atoms with Gasteiger partial charge in [0.2, 0.25) is 0 Å². The molecule has 1 aliphatic heterocycles. The number of fused-ring (bicyclic) bond motifs is 1. The molecule has 0 bridgehead atoms. The van der Waals surface area contributed by atoms with Crippen molar-refractivity contribution >= 4 is 11.5 Å². The molecule has 5 aromatic rings. The first kappa shape index (κ1) is 25.0. The second-order valence-corrected chi connectivity index (χ2v) is 9.69. The highest BCUT2D eigenvalue weighted by Crippen LogP contribution is 2.24. The molecular weight excluding hydrogens is 492 g/mol. The van der Waals surface area contributed by atoms with Gasteiger partial charge in [-0.3, -0.25) is 9.08 Å². The highest BCUT2D eigenvalue weighted by Gasteiger charge is 2.14. The van der Waals surface area contributed by atoms with Crippen molar-refractivity contribution in [3.63, 3.8) is 0 Å². The highest BCUT2D eigenvalue weighted by atomic mass is 16.5. The fourth-order valence-electron chi connectivity index (χ4n) is 4.68. The van der Waals surface area contributed by atoms with Gasteiger partial charge in [0.1, 0.15) is 23.5 Å². The molecule has 2 N–H and O–H groups in total. The number of nitrogens with one attached hydrogen (secondary N) is 2. The quantitative estimate of drug-likeness (QED) is 0.251. The van der Waals surface area contributed by atoms with Crippen molar-refractivity contribution in [1.29, 1.82) is 0 Å². The van der Waals surface area contributed by atoms with Gasteiger partial charge in [-0.2, -0.15) is 5.10 Å². The molecule has 4 aromatic heterocycles. The van der Waals surface area contributed by atoms with E-state index in [0.717, 1.165) is 77.9 Å². The van der Waals surface area contributed by atoms with Crippen LogP contribution in [-0.4, -0.2) is 61.5 Å². The summed E-state index contributed by atoms with van der Waals surface area (Å²) in [6.45, 7) is 3.89. The SMILES string of the molecule is Cn1cc(-c2ccc(CNc3cc(-c4cnc5cc(OCCCN[C@@H]6CCOC6)ccn45)ncn3)cc2)cn1. The molecule has 0 unspecified atom stereocenters. The predicted octanol–water partition coefficient (Wildman–Crippen LogP) is 3.95. The van der Waals surface area contributed by atoms with Gasteiger partial charge in [0.15, 0.2) is 0 Å². The van der Waals surface area contributed by atoms with Crippen LogP contribution in [0.1, 0.15) is 18.4 Å². The average Bonchev–Trinajstić information content (AvgIpc) is 3.73. The molecule has 6 rings (SSSR count). The number of pyridine rings is 1. The van der Waals surface area contributed by atoms with Crippen molar-refractivity contribution in [2.75, 3.05) is 31.7 Å². The van der Waals surface area contributed by atoms with Crippen molar-refractivity contribution in [2.24, 2.45) is 7.05 Å². The lowest BCUT2D eigenvalue weighted by molar-refractivity contribution is 0.189. The largest absolute Gasteiger partial charge is 0.493 e. The summed E-state index contributed by atoms with van der Waals surface area (Å²) in [5.41, 5.74) is 5.91. The van der Waals surface area contributed by atoms with Gasteiger partial charge in [-0.05, 0) is 36.6 Å². The topological polar surface area (TPSA) is 103 Å². The molecular formula is C29H32N8O2. The Bertz CT molecular complexity index is 1520. The zero-order valence-electron chi connectivity index (χ0n) is 22.0. The summed E-state index contributed by atoms with van der Waals surface area (Å²) in [4.78, 5) is 13.5. The van der Waals surface area contributed by atoms with Crippen LogP contribution < -0.4 is 15.4 Å². The van der Waals surface area contributed by atoms with E-state index in [-0.39, 0.29) is 0 Å². The minimum absolute atomic E-state index is 0.478. The monoisotopic (exact) mass is 524 g/mol. The molecule has 0 aliphatic carbocycles. The Balaban J connectivity index is 1.05. The highest BCUT2D eigenvalue weighted by molar-refractivity contribution is 5.64. The van der Waals surface area contributed by atoms with E-state index >= 15 is 0 Å². The summed E-state index contributed by atoms with van der Waals surface area (Å²) in [5.74, 6) is 1.56. The first-order chi connectivity index (χ1) is 19.2. The number of rotatable bonds is 11. The van der Waals surface area contributed by atoms with Crippen LogP contribution in [0.25, 0.3) is 28.2 Å². The van der Waals surface area contributed by atoms with Gasteiger partial charge in [0, 0.05) is 56.3 Å². The summed E-state index contributed by atoms with van der Waals surface area (Å²) < 4.78 is 15.2. The van der Waals surface area contributed by atoms with E-state index in [2.05, 4.69) is 54.9 Å². The molecule has 0 amide bonds. The van der Waals surface area contributed by atoms with Gasteiger partial charge in [-0.1, -0.05) is 24.3 Å². The van der Waals surface area contributed by atoms with Crippen LogP contribution in [0.15, 0.2) is 73.6 Å². The zero-order valence-corrected chi connectivity index (χ0v) is 22.0. The fraction of sp³-hybridized carbons (Fsp3) is 0.310. The lowest BCUT2D eigenvalue weighted by atomic mass is 10.1. The summed E-state index contributed by atoms with van der Waals surface area (Å²) in [6, 6.07) is 14.8. The van der Waals surface area contributed by atoms with E-state index in [1.807, 2.05) is 59.1 Å². The van der Waals surface area contributed by atoms with Crippen LogP contribution in [0.5, 0.6) is 5.75 Å². The van der Waals surface area contributed by atoms with E-state index in [4.69, 9.17) is 9.47 Å². The van der Waals surface area contributed by atoms with Gasteiger partial charge >= 0.3 is 0 Å². The number of benzene rings is 1. The number of ether oxygens (including phenoxy) is 2. The average molecular weight is 525 g/mol. The predicted molar refractivity (Wildman–Crippen MR) is 150 cm³/mol. The minimum Gasteiger partial charge on any atom is -0.493 e. The normalized spacial score (nSPS) is 15.2. The van der Waals surface area contributed by atoms with E-state index in [1.54, 1.807) is 6.33 Å². The minimum atomic E-state index is 0.478. The smallest absolute Gasteiger partial charge is 0.140 e. The molecule has 1 fully saturated rings. The van der Waals surface area contributed by atoms with Gasteiger partial charge < -0.3 is 20.1 Å². The molecule has 200 valence electrons. The molecule has 0 radical (unpaired) electrons. The van der Waals surface area contributed by atoms with Crippen molar-refractivity contribution in [3.8, 4) is 28.3 Å². The maximum atomic E-state index is 5.96. The maximum Gasteiger partial charge on any atom is 0.140 e. The molecule has 1 saturated heterocycles. The second kappa shape index (κ2) is 11.6. The molecule has 10 heteroatoms. The van der Waals surface area contributed by atoms with Crippen LogP contribution >= 0.6 is 0 Å².